The van der Waals surface area contributed by atoms with Gasteiger partial charge in [0.1, 0.15) is 0 Å². The van der Waals surface area contributed by atoms with Crippen molar-refractivity contribution < 1.29 is 4.92 Å². The summed E-state index contributed by atoms with van der Waals surface area (Å²) in [4.78, 5) is 10.8. The number of benzene rings is 3. The van der Waals surface area contributed by atoms with Gasteiger partial charge in [-0.15, -0.1) is 0 Å². The molecule has 1 aliphatic rings. The highest BCUT2D eigenvalue weighted by Crippen LogP contribution is 2.37. The summed E-state index contributed by atoms with van der Waals surface area (Å²) < 4.78 is 0.993. The zero-order valence-corrected chi connectivity index (χ0v) is 15.9. The van der Waals surface area contributed by atoms with E-state index >= 15 is 0 Å². The molecule has 0 radical (unpaired) electrons. The SMILES string of the molecule is O=[N+]([O-])c1cccc(C2CC(c3cccc(Br)c3)=NN2c2ccccc2)c1. The van der Waals surface area contributed by atoms with Crippen LogP contribution >= 0.6 is 15.9 Å². The maximum absolute atomic E-state index is 11.2. The average molecular weight is 422 g/mol. The molecule has 6 heteroatoms. The summed E-state index contributed by atoms with van der Waals surface area (Å²) in [7, 11) is 0. The molecule has 0 amide bonds. The Kier molecular flexibility index (Phi) is 4.73. The number of para-hydroxylation sites is 1. The van der Waals surface area contributed by atoms with Gasteiger partial charge < -0.3 is 0 Å². The van der Waals surface area contributed by atoms with Gasteiger partial charge in [-0.05, 0) is 35.4 Å². The molecule has 27 heavy (non-hydrogen) atoms. The smallest absolute Gasteiger partial charge is 0.258 e. The molecule has 3 aromatic carbocycles. The van der Waals surface area contributed by atoms with Gasteiger partial charge in [-0.2, -0.15) is 5.10 Å². The van der Waals surface area contributed by atoms with Crippen LogP contribution in [0.25, 0.3) is 0 Å². The van der Waals surface area contributed by atoms with Crippen LogP contribution in [0.3, 0.4) is 0 Å². The van der Waals surface area contributed by atoms with Crippen LogP contribution in [0.4, 0.5) is 11.4 Å². The molecule has 1 heterocycles. The minimum atomic E-state index is -0.360. The molecule has 0 bridgehead atoms. The summed E-state index contributed by atoms with van der Waals surface area (Å²) in [6, 6.07) is 24.6. The summed E-state index contributed by atoms with van der Waals surface area (Å²) in [5, 5.41) is 18.0. The minimum Gasteiger partial charge on any atom is -0.258 e. The Morgan fingerprint density at radius 1 is 1.00 bits per heavy atom. The lowest BCUT2D eigenvalue weighted by molar-refractivity contribution is -0.384. The maximum Gasteiger partial charge on any atom is 0.269 e. The average Bonchev–Trinajstić information content (AvgIpc) is 3.14. The molecule has 134 valence electrons. The van der Waals surface area contributed by atoms with Crippen molar-refractivity contribution in [2.75, 3.05) is 5.01 Å². The fraction of sp³-hybridized carbons (Fsp3) is 0.0952. The van der Waals surface area contributed by atoms with Gasteiger partial charge in [0.05, 0.1) is 22.4 Å². The number of rotatable bonds is 4. The van der Waals surface area contributed by atoms with E-state index in [1.54, 1.807) is 12.1 Å². The molecule has 0 saturated heterocycles. The molecule has 1 unspecified atom stereocenters. The second kappa shape index (κ2) is 7.32. The summed E-state index contributed by atoms with van der Waals surface area (Å²) >= 11 is 3.51. The third-order valence-electron chi connectivity index (χ3n) is 4.55. The topological polar surface area (TPSA) is 58.7 Å². The first-order chi connectivity index (χ1) is 13.1. The van der Waals surface area contributed by atoms with Gasteiger partial charge >= 0.3 is 0 Å². The normalized spacial score (nSPS) is 16.3. The molecular weight excluding hydrogens is 406 g/mol. The first kappa shape index (κ1) is 17.4. The van der Waals surface area contributed by atoms with Gasteiger partial charge in [-0.1, -0.05) is 58.4 Å². The van der Waals surface area contributed by atoms with E-state index in [2.05, 4.69) is 15.9 Å². The first-order valence-electron chi connectivity index (χ1n) is 8.54. The fourth-order valence-electron chi connectivity index (χ4n) is 3.28. The van der Waals surface area contributed by atoms with Crippen molar-refractivity contribution in [2.24, 2.45) is 5.10 Å². The molecule has 1 aliphatic heterocycles. The predicted molar refractivity (Wildman–Crippen MR) is 110 cm³/mol. The van der Waals surface area contributed by atoms with Crippen LogP contribution < -0.4 is 5.01 Å². The van der Waals surface area contributed by atoms with E-state index in [4.69, 9.17) is 5.10 Å². The molecular formula is C21H16BrN3O2. The molecule has 0 fully saturated rings. The lowest BCUT2D eigenvalue weighted by Gasteiger charge is -2.23. The molecule has 0 saturated carbocycles. The lowest BCUT2D eigenvalue weighted by atomic mass is 9.98. The molecule has 0 aliphatic carbocycles. The molecule has 5 nitrogen and oxygen atoms in total. The van der Waals surface area contributed by atoms with Crippen LogP contribution in [0, 0.1) is 10.1 Å². The van der Waals surface area contributed by atoms with E-state index in [1.807, 2.05) is 65.7 Å². The van der Waals surface area contributed by atoms with Gasteiger partial charge in [-0.25, -0.2) is 0 Å². The third kappa shape index (κ3) is 3.61. The number of anilines is 1. The van der Waals surface area contributed by atoms with Gasteiger partial charge in [0.25, 0.3) is 5.69 Å². The van der Waals surface area contributed by atoms with E-state index in [0.717, 1.165) is 27.0 Å². The lowest BCUT2D eigenvalue weighted by Crippen LogP contribution is -2.18. The molecule has 0 spiro atoms. The molecule has 0 N–H and O–H groups in total. The zero-order valence-electron chi connectivity index (χ0n) is 14.3. The van der Waals surface area contributed by atoms with Crippen molar-refractivity contribution >= 4 is 33.0 Å². The molecule has 1 atom stereocenters. The quantitative estimate of drug-likeness (QED) is 0.400. The van der Waals surface area contributed by atoms with Crippen molar-refractivity contribution in [1.82, 2.24) is 0 Å². The molecule has 0 aromatic heterocycles. The number of nitrogens with zero attached hydrogens (tertiary/aromatic N) is 3. The highest BCUT2D eigenvalue weighted by molar-refractivity contribution is 9.10. The van der Waals surface area contributed by atoms with Crippen LogP contribution in [-0.4, -0.2) is 10.6 Å². The highest BCUT2D eigenvalue weighted by Gasteiger charge is 2.30. The van der Waals surface area contributed by atoms with Crippen molar-refractivity contribution in [3.8, 4) is 0 Å². The summed E-state index contributed by atoms with van der Waals surface area (Å²) in [6.07, 6.45) is 0.673. The monoisotopic (exact) mass is 421 g/mol. The van der Waals surface area contributed by atoms with Gasteiger partial charge in [-0.3, -0.25) is 15.1 Å². The second-order valence-electron chi connectivity index (χ2n) is 6.31. The Morgan fingerprint density at radius 2 is 1.78 bits per heavy atom. The Bertz CT molecular complexity index is 1020. The van der Waals surface area contributed by atoms with E-state index in [-0.39, 0.29) is 16.7 Å². The van der Waals surface area contributed by atoms with Gasteiger partial charge in [0.15, 0.2) is 0 Å². The summed E-state index contributed by atoms with van der Waals surface area (Å²) in [6.45, 7) is 0. The van der Waals surface area contributed by atoms with Gasteiger partial charge in [0, 0.05) is 23.0 Å². The van der Waals surface area contributed by atoms with Crippen molar-refractivity contribution in [3.63, 3.8) is 0 Å². The predicted octanol–water partition coefficient (Wildman–Crippen LogP) is 5.71. The van der Waals surface area contributed by atoms with Crippen LogP contribution in [-0.2, 0) is 0 Å². The summed E-state index contributed by atoms with van der Waals surface area (Å²) in [5.41, 5.74) is 3.92. The van der Waals surface area contributed by atoms with E-state index in [9.17, 15) is 10.1 Å². The van der Waals surface area contributed by atoms with E-state index in [0.29, 0.717) is 6.42 Å². The van der Waals surface area contributed by atoms with Crippen LogP contribution in [0.15, 0.2) is 88.4 Å². The standard InChI is InChI=1S/C21H16BrN3O2/c22-17-8-4-6-15(12-17)20-14-21(16-7-5-11-19(13-16)25(26)27)24(23-20)18-9-2-1-3-10-18/h1-13,21H,14H2. The van der Waals surface area contributed by atoms with E-state index in [1.165, 1.54) is 6.07 Å². The largest absolute Gasteiger partial charge is 0.269 e. The zero-order chi connectivity index (χ0) is 18.8. The highest BCUT2D eigenvalue weighted by atomic mass is 79.9. The van der Waals surface area contributed by atoms with Crippen molar-refractivity contribution in [1.29, 1.82) is 0 Å². The van der Waals surface area contributed by atoms with Crippen LogP contribution in [0.5, 0.6) is 0 Å². The number of non-ortho nitro benzene ring substituents is 1. The van der Waals surface area contributed by atoms with Crippen molar-refractivity contribution in [2.45, 2.75) is 12.5 Å². The summed E-state index contributed by atoms with van der Waals surface area (Å²) in [5.74, 6) is 0. The Hall–Kier alpha value is -2.99. The number of hydrogen-bond donors (Lipinski definition) is 0. The Balaban J connectivity index is 1.77. The number of nitro benzene ring substituents is 1. The van der Waals surface area contributed by atoms with Gasteiger partial charge in [0.2, 0.25) is 0 Å². The second-order valence-corrected chi connectivity index (χ2v) is 7.22. The fourth-order valence-corrected chi connectivity index (χ4v) is 3.68. The molecule has 4 rings (SSSR count). The molecule has 3 aromatic rings. The maximum atomic E-state index is 11.2. The number of hydrazone groups is 1. The first-order valence-corrected chi connectivity index (χ1v) is 9.33. The number of nitro groups is 1. The number of halogens is 1. The Morgan fingerprint density at radius 3 is 2.52 bits per heavy atom. The minimum absolute atomic E-state index is 0.0939. The van der Waals surface area contributed by atoms with Crippen LogP contribution in [0.1, 0.15) is 23.6 Å². The third-order valence-corrected chi connectivity index (χ3v) is 5.05. The Labute approximate surface area is 165 Å². The van der Waals surface area contributed by atoms with Crippen LogP contribution in [0.2, 0.25) is 0 Å². The van der Waals surface area contributed by atoms with E-state index < -0.39 is 0 Å². The number of hydrogen-bond acceptors (Lipinski definition) is 4. The van der Waals surface area contributed by atoms with Crippen molar-refractivity contribution in [3.05, 3.63) is 105 Å².